The zero-order valence-electron chi connectivity index (χ0n) is 8.65. The minimum atomic E-state index is -0.404. The van der Waals surface area contributed by atoms with Gasteiger partial charge < -0.3 is 4.74 Å². The van der Waals surface area contributed by atoms with Crippen molar-refractivity contribution in [2.75, 3.05) is 5.32 Å². The van der Waals surface area contributed by atoms with Crippen LogP contribution in [-0.4, -0.2) is 12.2 Å². The number of ether oxygens (including phenoxy) is 1. The van der Waals surface area contributed by atoms with Crippen molar-refractivity contribution in [1.82, 2.24) is 0 Å². The summed E-state index contributed by atoms with van der Waals surface area (Å²) in [4.78, 5) is 11.5. The number of carbonyl (C=O) groups excluding carboxylic acids is 1. The average Bonchev–Trinajstić information content (AvgIpc) is 2.74. The lowest BCUT2D eigenvalue weighted by atomic mass is 10.3. The quantitative estimate of drug-likeness (QED) is 0.839. The molecular formula is C12H12BrNO2. The third kappa shape index (κ3) is 3.10. The maximum absolute atomic E-state index is 11.5. The van der Waals surface area contributed by atoms with Gasteiger partial charge in [-0.1, -0.05) is 22.0 Å². The molecule has 4 heteroatoms. The fraction of sp³-hybridized carbons (Fsp3) is 0.250. The van der Waals surface area contributed by atoms with Crippen molar-refractivity contribution >= 4 is 27.7 Å². The number of rotatable bonds is 2. The lowest BCUT2D eigenvalue weighted by Crippen LogP contribution is -2.19. The second kappa shape index (κ2) is 5.16. The van der Waals surface area contributed by atoms with Gasteiger partial charge in [0.1, 0.15) is 6.10 Å². The van der Waals surface area contributed by atoms with E-state index in [2.05, 4.69) is 21.2 Å². The van der Waals surface area contributed by atoms with Crippen LogP contribution >= 0.6 is 15.9 Å². The van der Waals surface area contributed by atoms with Crippen LogP contribution in [0.25, 0.3) is 0 Å². The van der Waals surface area contributed by atoms with Gasteiger partial charge in [0.2, 0.25) is 0 Å². The Hall–Kier alpha value is -1.29. The van der Waals surface area contributed by atoms with Crippen LogP contribution in [0.4, 0.5) is 10.5 Å². The Kier molecular flexibility index (Phi) is 3.62. The zero-order chi connectivity index (χ0) is 11.4. The number of benzene rings is 1. The van der Waals surface area contributed by atoms with Crippen molar-refractivity contribution in [1.29, 1.82) is 0 Å². The Morgan fingerprint density at radius 2 is 2.12 bits per heavy atom. The van der Waals surface area contributed by atoms with E-state index in [4.69, 9.17) is 4.74 Å². The molecule has 1 N–H and O–H groups in total. The van der Waals surface area contributed by atoms with Crippen LogP contribution in [0.2, 0.25) is 0 Å². The van der Waals surface area contributed by atoms with Gasteiger partial charge in [-0.25, -0.2) is 4.79 Å². The minimum absolute atomic E-state index is 0.0737. The predicted molar refractivity (Wildman–Crippen MR) is 66.4 cm³/mol. The smallest absolute Gasteiger partial charge is 0.412 e. The molecule has 1 aromatic rings. The highest BCUT2D eigenvalue weighted by Crippen LogP contribution is 2.16. The molecule has 1 aliphatic carbocycles. The highest BCUT2D eigenvalue weighted by atomic mass is 79.9. The monoisotopic (exact) mass is 281 g/mol. The molecule has 1 unspecified atom stereocenters. The molecule has 0 fully saturated rings. The van der Waals surface area contributed by atoms with E-state index in [1.165, 1.54) is 0 Å². The van der Waals surface area contributed by atoms with Gasteiger partial charge in [-0.05, 0) is 43.2 Å². The molecular weight excluding hydrogens is 270 g/mol. The molecule has 1 aromatic carbocycles. The van der Waals surface area contributed by atoms with E-state index in [-0.39, 0.29) is 6.10 Å². The molecule has 0 heterocycles. The molecule has 1 amide bonds. The molecule has 3 nitrogen and oxygen atoms in total. The molecule has 0 aromatic heterocycles. The molecule has 16 heavy (non-hydrogen) atoms. The topological polar surface area (TPSA) is 38.3 Å². The Morgan fingerprint density at radius 1 is 1.38 bits per heavy atom. The average molecular weight is 282 g/mol. The Bertz CT molecular complexity index is 400. The molecule has 0 saturated carbocycles. The second-order valence-electron chi connectivity index (χ2n) is 3.58. The number of carbonyl (C=O) groups is 1. The van der Waals surface area contributed by atoms with Gasteiger partial charge in [0.05, 0.1) is 0 Å². The van der Waals surface area contributed by atoms with Gasteiger partial charge in [0.15, 0.2) is 0 Å². The zero-order valence-corrected chi connectivity index (χ0v) is 10.2. The first kappa shape index (κ1) is 11.2. The van der Waals surface area contributed by atoms with Crippen LogP contribution in [0, 0.1) is 0 Å². The van der Waals surface area contributed by atoms with E-state index in [0.717, 1.165) is 23.0 Å². The van der Waals surface area contributed by atoms with Gasteiger partial charge in [0.25, 0.3) is 0 Å². The van der Waals surface area contributed by atoms with Gasteiger partial charge in [-0.15, -0.1) is 0 Å². The van der Waals surface area contributed by atoms with Crippen LogP contribution < -0.4 is 5.32 Å². The SMILES string of the molecule is O=C(Nc1ccc(Br)cc1)OC1C=CCC1. The standard InChI is InChI=1S/C12H12BrNO2/c13-9-5-7-10(8-6-9)14-12(15)16-11-3-1-2-4-11/h1,3,5-8,11H,2,4H2,(H,14,15). The number of halogens is 1. The minimum Gasteiger partial charge on any atom is -0.442 e. The maximum atomic E-state index is 11.5. The number of hydrogen-bond acceptors (Lipinski definition) is 2. The molecule has 0 spiro atoms. The number of nitrogens with one attached hydrogen (secondary N) is 1. The van der Waals surface area contributed by atoms with E-state index in [0.29, 0.717) is 0 Å². The third-order valence-electron chi connectivity index (χ3n) is 2.32. The molecule has 0 aliphatic heterocycles. The molecule has 1 atom stereocenters. The molecule has 84 valence electrons. The van der Waals surface area contributed by atoms with E-state index in [1.807, 2.05) is 36.4 Å². The summed E-state index contributed by atoms with van der Waals surface area (Å²) >= 11 is 3.33. The third-order valence-corrected chi connectivity index (χ3v) is 2.85. The first-order chi connectivity index (χ1) is 7.74. The first-order valence-corrected chi connectivity index (χ1v) is 5.93. The fourth-order valence-corrected chi connectivity index (χ4v) is 1.79. The van der Waals surface area contributed by atoms with Crippen LogP contribution in [0.15, 0.2) is 40.9 Å². The van der Waals surface area contributed by atoms with Crippen molar-refractivity contribution in [3.8, 4) is 0 Å². The number of hydrogen-bond donors (Lipinski definition) is 1. The summed E-state index contributed by atoms with van der Waals surface area (Å²) in [6, 6.07) is 7.36. The summed E-state index contributed by atoms with van der Waals surface area (Å²) in [5.74, 6) is 0. The van der Waals surface area contributed by atoms with Crippen LogP contribution in [-0.2, 0) is 4.74 Å². The molecule has 2 rings (SSSR count). The van der Waals surface area contributed by atoms with E-state index in [1.54, 1.807) is 0 Å². The molecule has 1 aliphatic rings. The summed E-state index contributed by atoms with van der Waals surface area (Å²) in [5, 5.41) is 2.68. The van der Waals surface area contributed by atoms with Gasteiger partial charge in [0, 0.05) is 10.2 Å². The lowest BCUT2D eigenvalue weighted by Gasteiger charge is -2.11. The number of anilines is 1. The Morgan fingerprint density at radius 3 is 2.75 bits per heavy atom. The normalized spacial score (nSPS) is 18.4. The Balaban J connectivity index is 1.86. The van der Waals surface area contributed by atoms with Crippen molar-refractivity contribution in [2.24, 2.45) is 0 Å². The highest BCUT2D eigenvalue weighted by molar-refractivity contribution is 9.10. The fourth-order valence-electron chi connectivity index (χ4n) is 1.52. The lowest BCUT2D eigenvalue weighted by molar-refractivity contribution is 0.134. The second-order valence-corrected chi connectivity index (χ2v) is 4.50. The van der Waals surface area contributed by atoms with Gasteiger partial charge in [-0.2, -0.15) is 0 Å². The van der Waals surface area contributed by atoms with E-state index in [9.17, 15) is 4.79 Å². The number of amides is 1. The summed E-state index contributed by atoms with van der Waals surface area (Å²) < 4.78 is 6.17. The maximum Gasteiger partial charge on any atom is 0.412 e. The van der Waals surface area contributed by atoms with Gasteiger partial charge >= 0.3 is 6.09 Å². The molecule has 0 bridgehead atoms. The van der Waals surface area contributed by atoms with Crippen LogP contribution in [0.1, 0.15) is 12.8 Å². The van der Waals surface area contributed by atoms with E-state index >= 15 is 0 Å². The van der Waals surface area contributed by atoms with E-state index < -0.39 is 6.09 Å². The van der Waals surface area contributed by atoms with Crippen molar-refractivity contribution in [2.45, 2.75) is 18.9 Å². The largest absolute Gasteiger partial charge is 0.442 e. The van der Waals surface area contributed by atoms with Crippen LogP contribution in [0.3, 0.4) is 0 Å². The van der Waals surface area contributed by atoms with Crippen LogP contribution in [0.5, 0.6) is 0 Å². The summed E-state index contributed by atoms with van der Waals surface area (Å²) in [6.45, 7) is 0. The predicted octanol–water partition coefficient (Wildman–Crippen LogP) is 3.72. The number of allylic oxidation sites excluding steroid dienone is 1. The molecule has 0 saturated heterocycles. The van der Waals surface area contributed by atoms with Crippen molar-refractivity contribution in [3.63, 3.8) is 0 Å². The highest BCUT2D eigenvalue weighted by Gasteiger charge is 2.14. The summed E-state index contributed by atoms with van der Waals surface area (Å²) in [5.41, 5.74) is 0.732. The van der Waals surface area contributed by atoms with Crippen molar-refractivity contribution in [3.05, 3.63) is 40.9 Å². The van der Waals surface area contributed by atoms with Gasteiger partial charge in [-0.3, -0.25) is 5.32 Å². The first-order valence-electron chi connectivity index (χ1n) is 5.14. The van der Waals surface area contributed by atoms with Crippen molar-refractivity contribution < 1.29 is 9.53 Å². The Labute approximate surface area is 103 Å². The summed E-state index contributed by atoms with van der Waals surface area (Å²) in [7, 11) is 0. The summed E-state index contributed by atoms with van der Waals surface area (Å²) in [6.07, 6.45) is 5.33. The molecule has 0 radical (unpaired) electrons.